The number of carboxylic acid groups (broad SMARTS) is 1. The molecule has 2 amide bonds. The molecule has 4 rings (SSSR count). The Morgan fingerprint density at radius 1 is 0.694 bits per heavy atom. The molecule has 0 radical (unpaired) electrons. The normalized spacial score (nSPS) is 11.2. The Morgan fingerprint density at radius 3 is 1.71 bits per heavy atom. The zero-order chi connectivity index (χ0) is 35.5. The largest absolute Gasteiger partial charge is 0.497 e. The van der Waals surface area contributed by atoms with E-state index in [1.807, 2.05) is 36.4 Å². The molecule has 0 saturated carbocycles. The summed E-state index contributed by atoms with van der Waals surface area (Å²) in [6.07, 6.45) is -0.388. The second kappa shape index (κ2) is 16.8. The molecule has 258 valence electrons. The molecule has 0 fully saturated rings. The standard InChI is InChI=1S/C37H40N2O10/c1-44-29-16-24(17-30(20-29)45-2)22-49-28-12-10-26(11-13-28)25-6-8-27(9-7-25)36(41)39(31(37(42)43)14-15-34(38)40)21-23-18-32(46-3)35(48-5)33(19-23)47-4/h6-13,16-20,31H,14-15,21-22H2,1-5H3,(H2,38,40)(H,42,43)/t31-/m0/s1. The highest BCUT2D eigenvalue weighted by atomic mass is 16.5. The van der Waals surface area contributed by atoms with Crippen LogP contribution in [0, 0.1) is 0 Å². The number of amides is 2. The average Bonchev–Trinajstić information content (AvgIpc) is 3.12. The molecule has 0 heterocycles. The van der Waals surface area contributed by atoms with Crippen molar-refractivity contribution in [2.45, 2.75) is 32.0 Å². The van der Waals surface area contributed by atoms with Gasteiger partial charge in [-0.15, -0.1) is 0 Å². The van der Waals surface area contributed by atoms with Crippen LogP contribution in [-0.2, 0) is 22.7 Å². The van der Waals surface area contributed by atoms with Crippen LogP contribution >= 0.6 is 0 Å². The molecule has 4 aromatic carbocycles. The summed E-state index contributed by atoms with van der Waals surface area (Å²) in [5.74, 6) is 0.545. The smallest absolute Gasteiger partial charge is 0.326 e. The SMILES string of the molecule is COc1cc(COc2ccc(-c3ccc(C(=O)N(Cc4cc(OC)c(OC)c(OC)c4)[C@@H](CCC(N)=O)C(=O)O)cc3)cc2)cc(OC)c1. The fourth-order valence-corrected chi connectivity index (χ4v) is 5.27. The van der Waals surface area contributed by atoms with Gasteiger partial charge in [0.2, 0.25) is 11.7 Å². The number of rotatable bonds is 17. The summed E-state index contributed by atoms with van der Waals surface area (Å²) < 4.78 is 32.9. The van der Waals surface area contributed by atoms with Crippen LogP contribution in [0.2, 0.25) is 0 Å². The van der Waals surface area contributed by atoms with Gasteiger partial charge >= 0.3 is 5.97 Å². The van der Waals surface area contributed by atoms with Crippen LogP contribution < -0.4 is 34.2 Å². The van der Waals surface area contributed by atoms with Gasteiger partial charge < -0.3 is 44.2 Å². The van der Waals surface area contributed by atoms with Crippen LogP contribution in [0.3, 0.4) is 0 Å². The van der Waals surface area contributed by atoms with Gasteiger partial charge in [0.1, 0.15) is 29.9 Å². The number of carbonyl (C=O) groups is 3. The number of benzene rings is 4. The highest BCUT2D eigenvalue weighted by Crippen LogP contribution is 2.39. The predicted molar refractivity (Wildman–Crippen MR) is 182 cm³/mol. The number of ether oxygens (including phenoxy) is 6. The fourth-order valence-electron chi connectivity index (χ4n) is 5.27. The first-order chi connectivity index (χ1) is 23.6. The van der Waals surface area contributed by atoms with Crippen molar-refractivity contribution in [1.29, 1.82) is 0 Å². The van der Waals surface area contributed by atoms with Crippen molar-refractivity contribution in [3.8, 4) is 45.6 Å². The molecule has 49 heavy (non-hydrogen) atoms. The molecule has 1 atom stereocenters. The number of hydrogen-bond acceptors (Lipinski definition) is 9. The summed E-state index contributed by atoms with van der Waals surface area (Å²) in [4.78, 5) is 39.2. The summed E-state index contributed by atoms with van der Waals surface area (Å²) in [5, 5.41) is 10.1. The second-order valence-corrected chi connectivity index (χ2v) is 10.9. The van der Waals surface area contributed by atoms with E-state index in [1.54, 1.807) is 56.7 Å². The number of methoxy groups -OCH3 is 5. The summed E-state index contributed by atoms with van der Waals surface area (Å²) in [7, 11) is 7.56. The highest BCUT2D eigenvalue weighted by molar-refractivity contribution is 5.97. The average molecular weight is 673 g/mol. The van der Waals surface area contributed by atoms with E-state index in [0.717, 1.165) is 16.7 Å². The van der Waals surface area contributed by atoms with Crippen molar-refractivity contribution in [3.63, 3.8) is 0 Å². The molecule has 0 bridgehead atoms. The van der Waals surface area contributed by atoms with Crippen molar-refractivity contribution in [3.05, 3.63) is 95.6 Å². The molecule has 0 aliphatic heterocycles. The first kappa shape index (κ1) is 35.9. The monoisotopic (exact) mass is 672 g/mol. The number of carbonyl (C=O) groups excluding carboxylic acids is 2. The lowest BCUT2D eigenvalue weighted by Gasteiger charge is -2.29. The van der Waals surface area contributed by atoms with E-state index in [1.165, 1.54) is 26.2 Å². The first-order valence-corrected chi connectivity index (χ1v) is 15.3. The molecule has 0 spiro atoms. The van der Waals surface area contributed by atoms with E-state index in [4.69, 9.17) is 34.2 Å². The quantitative estimate of drug-likeness (QED) is 0.150. The van der Waals surface area contributed by atoms with Gasteiger partial charge in [-0.25, -0.2) is 4.79 Å². The van der Waals surface area contributed by atoms with Gasteiger partial charge in [0, 0.05) is 24.6 Å². The molecule has 0 aromatic heterocycles. The minimum atomic E-state index is -1.34. The van der Waals surface area contributed by atoms with E-state index in [2.05, 4.69) is 0 Å². The van der Waals surface area contributed by atoms with Crippen LogP contribution in [0.1, 0.15) is 34.3 Å². The van der Waals surface area contributed by atoms with Gasteiger partial charge in [-0.1, -0.05) is 24.3 Å². The van der Waals surface area contributed by atoms with Crippen LogP contribution in [-0.4, -0.2) is 69.4 Å². The summed E-state index contributed by atoms with van der Waals surface area (Å²) in [6, 6.07) is 21.8. The van der Waals surface area contributed by atoms with E-state index in [0.29, 0.717) is 46.7 Å². The highest BCUT2D eigenvalue weighted by Gasteiger charge is 2.31. The third kappa shape index (κ3) is 9.13. The summed E-state index contributed by atoms with van der Waals surface area (Å²) in [5.41, 5.74) is 8.73. The molecule has 12 heteroatoms. The third-order valence-electron chi connectivity index (χ3n) is 7.80. The minimum absolute atomic E-state index is 0.128. The maximum atomic E-state index is 14.0. The molecule has 12 nitrogen and oxygen atoms in total. The summed E-state index contributed by atoms with van der Waals surface area (Å²) in [6.45, 7) is 0.185. The lowest BCUT2D eigenvalue weighted by atomic mass is 10.0. The van der Waals surface area contributed by atoms with E-state index in [9.17, 15) is 19.5 Å². The number of nitrogens with two attached hydrogens (primary N) is 1. The van der Waals surface area contributed by atoms with Gasteiger partial charge in [-0.2, -0.15) is 0 Å². The zero-order valence-corrected chi connectivity index (χ0v) is 28.1. The molecule has 4 aromatic rings. The number of aliphatic carboxylic acids is 1. The van der Waals surface area contributed by atoms with Crippen molar-refractivity contribution in [2.75, 3.05) is 35.5 Å². The molecule has 0 unspecified atom stereocenters. The minimum Gasteiger partial charge on any atom is -0.497 e. The van der Waals surface area contributed by atoms with Crippen molar-refractivity contribution < 1.29 is 47.9 Å². The number of nitrogens with zero attached hydrogens (tertiary/aromatic N) is 1. The number of primary amides is 1. The maximum absolute atomic E-state index is 14.0. The Bertz CT molecular complexity index is 1710. The molecular weight excluding hydrogens is 632 g/mol. The Kier molecular flexibility index (Phi) is 12.3. The first-order valence-electron chi connectivity index (χ1n) is 15.3. The van der Waals surface area contributed by atoms with E-state index >= 15 is 0 Å². The van der Waals surface area contributed by atoms with Crippen LogP contribution in [0.15, 0.2) is 78.9 Å². The Balaban J connectivity index is 1.56. The van der Waals surface area contributed by atoms with E-state index in [-0.39, 0.29) is 24.9 Å². The molecule has 0 saturated heterocycles. The molecule has 3 N–H and O–H groups in total. The topological polar surface area (TPSA) is 156 Å². The van der Waals surface area contributed by atoms with Crippen LogP contribution in [0.25, 0.3) is 11.1 Å². The molecule has 0 aliphatic rings. The van der Waals surface area contributed by atoms with Gasteiger partial charge in [0.15, 0.2) is 11.5 Å². The van der Waals surface area contributed by atoms with Crippen molar-refractivity contribution in [1.82, 2.24) is 4.90 Å². The lowest BCUT2D eigenvalue weighted by Crippen LogP contribution is -2.45. The number of hydrogen-bond donors (Lipinski definition) is 2. The third-order valence-corrected chi connectivity index (χ3v) is 7.80. The second-order valence-electron chi connectivity index (χ2n) is 10.9. The lowest BCUT2D eigenvalue weighted by molar-refractivity contribution is -0.143. The van der Waals surface area contributed by atoms with Gasteiger partial charge in [0.05, 0.1) is 35.5 Å². The summed E-state index contributed by atoms with van der Waals surface area (Å²) >= 11 is 0. The van der Waals surface area contributed by atoms with Gasteiger partial charge in [-0.05, 0) is 77.2 Å². The Labute approximate surface area is 284 Å². The molecular formula is C37H40N2O10. The van der Waals surface area contributed by atoms with E-state index < -0.39 is 23.8 Å². The zero-order valence-electron chi connectivity index (χ0n) is 28.1. The molecule has 0 aliphatic carbocycles. The number of carboxylic acids is 1. The maximum Gasteiger partial charge on any atom is 0.326 e. The van der Waals surface area contributed by atoms with Gasteiger partial charge in [-0.3, -0.25) is 9.59 Å². The van der Waals surface area contributed by atoms with Crippen molar-refractivity contribution in [2.24, 2.45) is 5.73 Å². The van der Waals surface area contributed by atoms with Crippen molar-refractivity contribution >= 4 is 17.8 Å². The van der Waals surface area contributed by atoms with Crippen LogP contribution in [0.5, 0.6) is 34.5 Å². The predicted octanol–water partition coefficient (Wildman–Crippen LogP) is 5.34. The van der Waals surface area contributed by atoms with Gasteiger partial charge in [0.25, 0.3) is 5.91 Å². The van der Waals surface area contributed by atoms with Crippen LogP contribution in [0.4, 0.5) is 0 Å². The Hall–Kier alpha value is -5.91. The Morgan fingerprint density at radius 2 is 1.24 bits per heavy atom. The fraction of sp³-hybridized carbons (Fsp3) is 0.270.